The number of sulfonamides is 1. The van der Waals surface area contributed by atoms with Gasteiger partial charge in [-0.1, -0.05) is 60.2 Å². The van der Waals surface area contributed by atoms with Crippen LogP contribution in [0.25, 0.3) is 0 Å². The zero-order chi connectivity index (χ0) is 22.4. The number of rotatable bonds is 7. The maximum atomic E-state index is 14.5. The van der Waals surface area contributed by atoms with Crippen molar-refractivity contribution in [3.63, 3.8) is 0 Å². The van der Waals surface area contributed by atoms with Gasteiger partial charge in [0.1, 0.15) is 12.4 Å². The number of amides is 1. The lowest BCUT2D eigenvalue weighted by Crippen LogP contribution is -2.40. The molecule has 0 atom stereocenters. The minimum atomic E-state index is -4.20. The highest BCUT2D eigenvalue weighted by Crippen LogP contribution is 2.26. The van der Waals surface area contributed by atoms with Crippen molar-refractivity contribution < 1.29 is 17.6 Å². The summed E-state index contributed by atoms with van der Waals surface area (Å²) in [4.78, 5) is 12.5. The Balaban J connectivity index is 1.90. The molecule has 0 heterocycles. The molecule has 3 aromatic rings. The summed E-state index contributed by atoms with van der Waals surface area (Å²) in [5.74, 6) is -1.45. The summed E-state index contributed by atoms with van der Waals surface area (Å²) in [6, 6.07) is 20.7. The SMILES string of the molecule is C/C(=N/NC(=O)CN(c1ccccc1F)S(=O)(=O)c1ccc(C)cc1)c1ccccc1. The van der Waals surface area contributed by atoms with E-state index in [1.807, 2.05) is 37.3 Å². The van der Waals surface area contributed by atoms with Crippen molar-refractivity contribution in [2.24, 2.45) is 5.10 Å². The van der Waals surface area contributed by atoms with E-state index in [0.717, 1.165) is 21.5 Å². The van der Waals surface area contributed by atoms with E-state index < -0.39 is 28.3 Å². The topological polar surface area (TPSA) is 78.8 Å². The van der Waals surface area contributed by atoms with E-state index in [1.54, 1.807) is 19.1 Å². The number of para-hydroxylation sites is 1. The summed E-state index contributed by atoms with van der Waals surface area (Å²) in [5.41, 5.74) is 4.36. The normalized spacial score (nSPS) is 11.8. The van der Waals surface area contributed by atoms with Gasteiger partial charge >= 0.3 is 0 Å². The number of aryl methyl sites for hydroxylation is 1. The van der Waals surface area contributed by atoms with Crippen molar-refractivity contribution in [3.8, 4) is 0 Å². The summed E-state index contributed by atoms with van der Waals surface area (Å²) in [6.45, 7) is 2.90. The van der Waals surface area contributed by atoms with E-state index in [0.29, 0.717) is 5.71 Å². The summed E-state index contributed by atoms with van der Waals surface area (Å²) in [7, 11) is -4.20. The molecule has 3 rings (SSSR count). The van der Waals surface area contributed by atoms with Gasteiger partial charge in [-0.3, -0.25) is 9.10 Å². The number of benzene rings is 3. The molecule has 6 nitrogen and oxygen atoms in total. The van der Waals surface area contributed by atoms with Crippen LogP contribution in [-0.4, -0.2) is 26.6 Å². The quantitative estimate of drug-likeness (QED) is 0.448. The van der Waals surface area contributed by atoms with Crippen LogP contribution in [0.15, 0.2) is 88.9 Å². The average molecular weight is 440 g/mol. The van der Waals surface area contributed by atoms with Crippen LogP contribution >= 0.6 is 0 Å². The van der Waals surface area contributed by atoms with E-state index in [2.05, 4.69) is 10.5 Å². The monoisotopic (exact) mass is 439 g/mol. The molecule has 3 aromatic carbocycles. The third kappa shape index (κ3) is 5.35. The zero-order valence-electron chi connectivity index (χ0n) is 17.1. The minimum absolute atomic E-state index is 0.0434. The molecule has 0 spiro atoms. The first-order chi connectivity index (χ1) is 14.8. The highest BCUT2D eigenvalue weighted by molar-refractivity contribution is 7.92. The number of halogens is 1. The van der Waals surface area contributed by atoms with Gasteiger partial charge < -0.3 is 0 Å². The largest absolute Gasteiger partial charge is 0.271 e. The Kier molecular flexibility index (Phi) is 6.81. The number of anilines is 1. The smallest absolute Gasteiger partial charge is 0.264 e. The predicted molar refractivity (Wildman–Crippen MR) is 119 cm³/mol. The molecule has 0 fully saturated rings. The van der Waals surface area contributed by atoms with Crippen molar-refractivity contribution in [1.82, 2.24) is 5.43 Å². The predicted octanol–water partition coefficient (Wildman–Crippen LogP) is 3.87. The first kappa shape index (κ1) is 22.2. The molecule has 0 radical (unpaired) electrons. The highest BCUT2D eigenvalue weighted by Gasteiger charge is 2.29. The Hall–Kier alpha value is -3.52. The fourth-order valence-corrected chi connectivity index (χ4v) is 4.28. The van der Waals surface area contributed by atoms with Crippen molar-refractivity contribution in [3.05, 3.63) is 95.8 Å². The standard InChI is InChI=1S/C23H22FN3O3S/c1-17-12-14-20(15-13-17)31(29,30)27(22-11-7-6-10-21(22)24)16-23(28)26-25-18(2)19-8-4-3-5-9-19/h3-15H,16H2,1-2H3,(H,26,28)/b25-18-. The van der Waals surface area contributed by atoms with Crippen LogP contribution in [0.3, 0.4) is 0 Å². The second kappa shape index (κ2) is 9.53. The number of carbonyl (C=O) groups is 1. The summed E-state index contributed by atoms with van der Waals surface area (Å²) < 4.78 is 41.7. The Labute approximate surface area is 181 Å². The maximum absolute atomic E-state index is 14.5. The van der Waals surface area contributed by atoms with Crippen LogP contribution in [-0.2, 0) is 14.8 Å². The number of hydrazone groups is 1. The number of carbonyl (C=O) groups excluding carboxylic acids is 1. The molecule has 160 valence electrons. The second-order valence-electron chi connectivity index (χ2n) is 6.87. The van der Waals surface area contributed by atoms with E-state index in [1.165, 1.54) is 30.3 Å². The minimum Gasteiger partial charge on any atom is -0.271 e. The lowest BCUT2D eigenvalue weighted by atomic mass is 10.1. The van der Waals surface area contributed by atoms with Gasteiger partial charge in [0.05, 0.1) is 16.3 Å². The number of nitrogens with one attached hydrogen (secondary N) is 1. The Morgan fingerprint density at radius 3 is 2.23 bits per heavy atom. The molecule has 31 heavy (non-hydrogen) atoms. The van der Waals surface area contributed by atoms with Gasteiger partial charge in [0.15, 0.2) is 0 Å². The van der Waals surface area contributed by atoms with Gasteiger partial charge in [-0.2, -0.15) is 5.10 Å². The summed E-state index contributed by atoms with van der Waals surface area (Å²) in [5, 5.41) is 4.03. The molecule has 1 amide bonds. The van der Waals surface area contributed by atoms with Crippen molar-refractivity contribution in [2.75, 3.05) is 10.8 Å². The van der Waals surface area contributed by atoms with Crippen LogP contribution in [0.2, 0.25) is 0 Å². The second-order valence-corrected chi connectivity index (χ2v) is 8.74. The van der Waals surface area contributed by atoms with E-state index in [-0.39, 0.29) is 10.6 Å². The molecule has 1 N–H and O–H groups in total. The Morgan fingerprint density at radius 1 is 0.968 bits per heavy atom. The number of nitrogens with zero attached hydrogens (tertiary/aromatic N) is 2. The van der Waals surface area contributed by atoms with Gasteiger partial charge in [-0.15, -0.1) is 0 Å². The van der Waals surface area contributed by atoms with Gasteiger partial charge in [-0.25, -0.2) is 18.2 Å². The number of hydrogen-bond acceptors (Lipinski definition) is 4. The van der Waals surface area contributed by atoms with Crippen molar-refractivity contribution >= 4 is 27.3 Å². The Bertz CT molecular complexity index is 1190. The fourth-order valence-electron chi connectivity index (χ4n) is 2.85. The maximum Gasteiger partial charge on any atom is 0.264 e. The van der Waals surface area contributed by atoms with E-state index in [4.69, 9.17) is 0 Å². The van der Waals surface area contributed by atoms with Crippen LogP contribution in [0, 0.1) is 12.7 Å². The van der Waals surface area contributed by atoms with Crippen LogP contribution in [0.1, 0.15) is 18.1 Å². The Morgan fingerprint density at radius 2 is 1.58 bits per heavy atom. The molecule has 0 aliphatic rings. The zero-order valence-corrected chi connectivity index (χ0v) is 17.9. The average Bonchev–Trinajstić information content (AvgIpc) is 2.77. The molecule has 0 saturated carbocycles. The molecule has 0 bridgehead atoms. The lowest BCUT2D eigenvalue weighted by Gasteiger charge is -2.24. The van der Waals surface area contributed by atoms with Crippen molar-refractivity contribution in [2.45, 2.75) is 18.7 Å². The summed E-state index contributed by atoms with van der Waals surface area (Å²) >= 11 is 0. The molecule has 8 heteroatoms. The lowest BCUT2D eigenvalue weighted by molar-refractivity contribution is -0.119. The molecular formula is C23H22FN3O3S. The first-order valence-corrected chi connectivity index (χ1v) is 11.0. The van der Waals surface area contributed by atoms with E-state index in [9.17, 15) is 17.6 Å². The van der Waals surface area contributed by atoms with Crippen LogP contribution in [0.5, 0.6) is 0 Å². The van der Waals surface area contributed by atoms with Crippen molar-refractivity contribution in [1.29, 1.82) is 0 Å². The molecule has 0 aliphatic carbocycles. The van der Waals surface area contributed by atoms with E-state index >= 15 is 0 Å². The van der Waals surface area contributed by atoms with Gasteiger partial charge in [0, 0.05) is 0 Å². The third-order valence-corrected chi connectivity index (χ3v) is 6.33. The third-order valence-electron chi connectivity index (χ3n) is 4.56. The van der Waals surface area contributed by atoms with Gasteiger partial charge in [0.25, 0.3) is 15.9 Å². The molecule has 0 aliphatic heterocycles. The van der Waals surface area contributed by atoms with Crippen LogP contribution in [0.4, 0.5) is 10.1 Å². The number of hydrogen-bond donors (Lipinski definition) is 1. The summed E-state index contributed by atoms with van der Waals surface area (Å²) in [6.07, 6.45) is 0. The highest BCUT2D eigenvalue weighted by atomic mass is 32.2. The van der Waals surface area contributed by atoms with Crippen LogP contribution < -0.4 is 9.73 Å². The van der Waals surface area contributed by atoms with Gasteiger partial charge in [-0.05, 0) is 43.7 Å². The molecule has 0 saturated heterocycles. The fraction of sp³-hybridized carbons (Fsp3) is 0.130. The van der Waals surface area contributed by atoms with Gasteiger partial charge in [0.2, 0.25) is 0 Å². The molecular weight excluding hydrogens is 417 g/mol. The molecule has 0 aromatic heterocycles. The molecule has 0 unspecified atom stereocenters. The first-order valence-electron chi connectivity index (χ1n) is 9.51.